The van der Waals surface area contributed by atoms with E-state index >= 15 is 0 Å². The van der Waals surface area contributed by atoms with Crippen LogP contribution in [0.25, 0.3) is 0 Å². The van der Waals surface area contributed by atoms with Gasteiger partial charge in [-0.15, -0.1) is 0 Å². The summed E-state index contributed by atoms with van der Waals surface area (Å²) in [6.45, 7) is 3.28. The molecule has 0 spiro atoms. The fourth-order valence-electron chi connectivity index (χ4n) is 3.04. The SMILES string of the molecule is O=C(O)CN1CCCN(C(=O)CNC2CCCC2)CC1. The van der Waals surface area contributed by atoms with Crippen molar-refractivity contribution >= 4 is 11.9 Å². The molecule has 6 nitrogen and oxygen atoms in total. The fraction of sp³-hybridized carbons (Fsp3) is 0.857. The van der Waals surface area contributed by atoms with Crippen LogP contribution >= 0.6 is 0 Å². The van der Waals surface area contributed by atoms with Crippen molar-refractivity contribution < 1.29 is 14.7 Å². The van der Waals surface area contributed by atoms with Crippen LogP contribution in [-0.4, -0.2) is 72.1 Å². The van der Waals surface area contributed by atoms with Gasteiger partial charge in [-0.25, -0.2) is 0 Å². The Labute approximate surface area is 120 Å². The van der Waals surface area contributed by atoms with Crippen molar-refractivity contribution in [2.45, 2.75) is 38.1 Å². The van der Waals surface area contributed by atoms with Gasteiger partial charge in [-0.3, -0.25) is 14.5 Å². The first kappa shape index (κ1) is 15.3. The van der Waals surface area contributed by atoms with Crippen LogP contribution in [0.15, 0.2) is 0 Å². The number of aliphatic carboxylic acids is 1. The zero-order valence-electron chi connectivity index (χ0n) is 12.0. The smallest absolute Gasteiger partial charge is 0.317 e. The average molecular weight is 283 g/mol. The minimum atomic E-state index is -0.798. The number of nitrogens with one attached hydrogen (secondary N) is 1. The Morgan fingerprint density at radius 3 is 2.50 bits per heavy atom. The molecular weight excluding hydrogens is 258 g/mol. The Bertz CT molecular complexity index is 343. The third kappa shape index (κ3) is 4.76. The van der Waals surface area contributed by atoms with Gasteiger partial charge in [0.1, 0.15) is 0 Å². The van der Waals surface area contributed by atoms with Crippen molar-refractivity contribution in [2.75, 3.05) is 39.3 Å². The van der Waals surface area contributed by atoms with Crippen LogP contribution in [0.3, 0.4) is 0 Å². The summed E-state index contributed by atoms with van der Waals surface area (Å²) >= 11 is 0. The summed E-state index contributed by atoms with van der Waals surface area (Å²) in [7, 11) is 0. The first-order chi connectivity index (χ1) is 9.65. The third-order valence-corrected chi connectivity index (χ3v) is 4.20. The number of hydrogen-bond donors (Lipinski definition) is 2. The van der Waals surface area contributed by atoms with E-state index in [2.05, 4.69) is 5.32 Å². The van der Waals surface area contributed by atoms with E-state index in [1.165, 1.54) is 25.7 Å². The third-order valence-electron chi connectivity index (χ3n) is 4.20. The van der Waals surface area contributed by atoms with E-state index in [4.69, 9.17) is 5.11 Å². The van der Waals surface area contributed by atoms with Gasteiger partial charge in [-0.1, -0.05) is 12.8 Å². The molecule has 1 heterocycles. The average Bonchev–Trinajstić information content (AvgIpc) is 2.82. The van der Waals surface area contributed by atoms with Crippen LogP contribution in [0.1, 0.15) is 32.1 Å². The Morgan fingerprint density at radius 1 is 1.05 bits per heavy atom. The van der Waals surface area contributed by atoms with Gasteiger partial charge in [0.2, 0.25) is 5.91 Å². The van der Waals surface area contributed by atoms with Gasteiger partial charge in [0, 0.05) is 32.2 Å². The second kappa shape index (κ2) is 7.59. The summed E-state index contributed by atoms with van der Waals surface area (Å²) in [6.07, 6.45) is 5.74. The number of carbonyl (C=O) groups excluding carboxylic acids is 1. The molecule has 0 aromatic heterocycles. The first-order valence-electron chi connectivity index (χ1n) is 7.60. The molecule has 0 aromatic rings. The summed E-state index contributed by atoms with van der Waals surface area (Å²) in [5.41, 5.74) is 0. The summed E-state index contributed by atoms with van der Waals surface area (Å²) in [5, 5.41) is 12.1. The highest BCUT2D eigenvalue weighted by atomic mass is 16.4. The fourth-order valence-corrected chi connectivity index (χ4v) is 3.04. The summed E-state index contributed by atoms with van der Waals surface area (Å²) in [4.78, 5) is 26.6. The lowest BCUT2D eigenvalue weighted by Crippen LogP contribution is -2.42. The van der Waals surface area contributed by atoms with Crippen LogP contribution in [0.2, 0.25) is 0 Å². The number of nitrogens with zero attached hydrogens (tertiary/aromatic N) is 2. The van der Waals surface area contributed by atoms with Crippen molar-refractivity contribution in [3.8, 4) is 0 Å². The molecule has 2 N–H and O–H groups in total. The van der Waals surface area contributed by atoms with E-state index in [0.717, 1.165) is 19.5 Å². The molecule has 2 rings (SSSR count). The molecule has 0 atom stereocenters. The largest absolute Gasteiger partial charge is 0.480 e. The minimum absolute atomic E-state index is 0.0718. The van der Waals surface area contributed by atoms with Gasteiger partial charge < -0.3 is 15.3 Å². The molecule has 1 saturated carbocycles. The lowest BCUT2D eigenvalue weighted by atomic mass is 10.2. The Hall–Kier alpha value is -1.14. The molecule has 0 radical (unpaired) electrons. The van der Waals surface area contributed by atoms with Gasteiger partial charge in [0.25, 0.3) is 0 Å². The molecular formula is C14H25N3O3. The lowest BCUT2D eigenvalue weighted by molar-refractivity contribution is -0.138. The van der Waals surface area contributed by atoms with Gasteiger partial charge in [-0.2, -0.15) is 0 Å². The zero-order valence-corrected chi connectivity index (χ0v) is 12.0. The van der Waals surface area contributed by atoms with Crippen molar-refractivity contribution in [3.05, 3.63) is 0 Å². The molecule has 0 unspecified atom stereocenters. The summed E-state index contributed by atoms with van der Waals surface area (Å²) in [6, 6.07) is 0.509. The van der Waals surface area contributed by atoms with Gasteiger partial charge in [0.05, 0.1) is 13.1 Å². The predicted molar refractivity (Wildman–Crippen MR) is 75.5 cm³/mol. The second-order valence-electron chi connectivity index (χ2n) is 5.77. The molecule has 1 aliphatic carbocycles. The zero-order chi connectivity index (χ0) is 14.4. The Kier molecular flexibility index (Phi) is 5.79. The molecule has 0 bridgehead atoms. The monoisotopic (exact) mass is 283 g/mol. The Morgan fingerprint density at radius 2 is 1.80 bits per heavy atom. The van der Waals surface area contributed by atoms with Crippen LogP contribution < -0.4 is 5.32 Å². The predicted octanol–water partition coefficient (Wildman–Crippen LogP) is 0.138. The maximum absolute atomic E-state index is 12.2. The van der Waals surface area contributed by atoms with Crippen molar-refractivity contribution in [1.82, 2.24) is 15.1 Å². The maximum Gasteiger partial charge on any atom is 0.317 e. The second-order valence-corrected chi connectivity index (χ2v) is 5.77. The normalized spacial score (nSPS) is 21.9. The Balaban J connectivity index is 1.71. The van der Waals surface area contributed by atoms with E-state index < -0.39 is 5.97 Å². The highest BCUT2D eigenvalue weighted by Crippen LogP contribution is 2.17. The van der Waals surface area contributed by atoms with Crippen LogP contribution in [0, 0.1) is 0 Å². The van der Waals surface area contributed by atoms with E-state index in [1.807, 2.05) is 9.80 Å². The molecule has 6 heteroatoms. The number of carbonyl (C=O) groups is 2. The summed E-state index contributed by atoms with van der Waals surface area (Å²) in [5.74, 6) is -0.651. The number of amides is 1. The lowest BCUT2D eigenvalue weighted by Gasteiger charge is -2.22. The molecule has 1 saturated heterocycles. The van der Waals surface area contributed by atoms with Crippen LogP contribution in [0.4, 0.5) is 0 Å². The number of hydrogen-bond acceptors (Lipinski definition) is 4. The molecule has 1 aliphatic heterocycles. The van der Waals surface area contributed by atoms with E-state index in [0.29, 0.717) is 25.7 Å². The molecule has 0 aromatic carbocycles. The summed E-state index contributed by atoms with van der Waals surface area (Å²) < 4.78 is 0. The number of carboxylic acid groups (broad SMARTS) is 1. The molecule has 20 heavy (non-hydrogen) atoms. The number of rotatable bonds is 5. The quantitative estimate of drug-likeness (QED) is 0.751. The van der Waals surface area contributed by atoms with Crippen molar-refractivity contribution in [3.63, 3.8) is 0 Å². The van der Waals surface area contributed by atoms with E-state index in [-0.39, 0.29) is 12.5 Å². The minimum Gasteiger partial charge on any atom is -0.480 e. The van der Waals surface area contributed by atoms with Crippen LogP contribution in [0.5, 0.6) is 0 Å². The standard InChI is InChI=1S/C14H25N3O3/c18-13(10-15-12-4-1-2-5-12)17-7-3-6-16(8-9-17)11-14(19)20/h12,15H,1-11H2,(H,19,20). The van der Waals surface area contributed by atoms with Crippen molar-refractivity contribution in [1.29, 1.82) is 0 Å². The first-order valence-corrected chi connectivity index (χ1v) is 7.60. The topological polar surface area (TPSA) is 72.9 Å². The van der Waals surface area contributed by atoms with Crippen molar-refractivity contribution in [2.24, 2.45) is 0 Å². The van der Waals surface area contributed by atoms with Gasteiger partial charge in [0.15, 0.2) is 0 Å². The number of carboxylic acids is 1. The molecule has 1 amide bonds. The molecule has 2 fully saturated rings. The highest BCUT2D eigenvalue weighted by Gasteiger charge is 2.21. The molecule has 2 aliphatic rings. The van der Waals surface area contributed by atoms with Gasteiger partial charge >= 0.3 is 5.97 Å². The van der Waals surface area contributed by atoms with Gasteiger partial charge in [-0.05, 0) is 19.3 Å². The highest BCUT2D eigenvalue weighted by molar-refractivity contribution is 5.78. The van der Waals surface area contributed by atoms with E-state index in [1.54, 1.807) is 0 Å². The maximum atomic E-state index is 12.2. The van der Waals surface area contributed by atoms with Crippen LogP contribution in [-0.2, 0) is 9.59 Å². The van der Waals surface area contributed by atoms with E-state index in [9.17, 15) is 9.59 Å². The molecule has 114 valence electrons.